The van der Waals surface area contributed by atoms with E-state index in [-0.39, 0.29) is 0 Å². The molecule has 4 saturated carbocycles. The second kappa shape index (κ2) is 5.98. The Morgan fingerprint density at radius 3 is 1.40 bits per heavy atom. The number of thiol groups is 2. The highest BCUT2D eigenvalue weighted by atomic mass is 32.2. The van der Waals surface area contributed by atoms with Crippen molar-refractivity contribution in [1.82, 2.24) is 0 Å². The molecule has 0 N–H and O–H groups in total. The van der Waals surface area contributed by atoms with Gasteiger partial charge in [-0.05, 0) is 62.2 Å². The van der Waals surface area contributed by atoms with Crippen molar-refractivity contribution in [2.75, 3.05) is 0 Å². The van der Waals surface area contributed by atoms with Crippen LogP contribution >= 0.6 is 48.8 Å². The minimum atomic E-state index is 0.837. The van der Waals surface area contributed by atoms with Gasteiger partial charge in [0.15, 0.2) is 0 Å². The monoisotopic (exact) mass is 344 g/mol. The maximum atomic E-state index is 4.78. The van der Waals surface area contributed by atoms with Crippen LogP contribution in [0.25, 0.3) is 0 Å². The van der Waals surface area contributed by atoms with E-state index in [1.54, 1.807) is 0 Å². The van der Waals surface area contributed by atoms with E-state index in [9.17, 15) is 0 Å². The SMILES string of the molecule is S/C(SC1CC2CCC1C2)=C(\S)SC1CC2CCC1C2. The van der Waals surface area contributed by atoms with E-state index in [0.29, 0.717) is 0 Å². The predicted octanol–water partition coefficient (Wildman–Crippen LogP) is 5.82. The molecule has 20 heavy (non-hydrogen) atoms. The largest absolute Gasteiger partial charge is 0.135 e. The Morgan fingerprint density at radius 1 is 0.650 bits per heavy atom. The molecule has 112 valence electrons. The van der Waals surface area contributed by atoms with Gasteiger partial charge >= 0.3 is 0 Å². The van der Waals surface area contributed by atoms with Gasteiger partial charge in [0.05, 0.1) is 8.47 Å². The lowest BCUT2D eigenvalue weighted by molar-refractivity contribution is 0.492. The van der Waals surface area contributed by atoms with Crippen molar-refractivity contribution in [3.05, 3.63) is 8.47 Å². The minimum Gasteiger partial charge on any atom is -0.135 e. The average Bonchev–Trinajstić information content (AvgIpc) is 3.18. The van der Waals surface area contributed by atoms with Crippen LogP contribution in [0.5, 0.6) is 0 Å². The molecule has 4 bridgehead atoms. The number of hydrogen-bond acceptors (Lipinski definition) is 4. The van der Waals surface area contributed by atoms with Crippen molar-refractivity contribution in [2.24, 2.45) is 23.7 Å². The van der Waals surface area contributed by atoms with Crippen molar-refractivity contribution in [1.29, 1.82) is 0 Å². The second-order valence-electron chi connectivity index (χ2n) is 7.27. The van der Waals surface area contributed by atoms with Crippen LogP contribution in [0, 0.1) is 23.7 Å². The van der Waals surface area contributed by atoms with Gasteiger partial charge in [-0.2, -0.15) is 0 Å². The van der Waals surface area contributed by atoms with Gasteiger partial charge in [-0.15, -0.1) is 48.8 Å². The number of rotatable bonds is 4. The molecule has 0 aliphatic heterocycles. The fraction of sp³-hybridized carbons (Fsp3) is 0.875. The first-order valence-electron chi connectivity index (χ1n) is 8.14. The third-order valence-corrected chi connectivity index (χ3v) is 10.4. The highest BCUT2D eigenvalue weighted by Gasteiger charge is 2.41. The fourth-order valence-electron chi connectivity index (χ4n) is 5.05. The first kappa shape index (κ1) is 14.7. The van der Waals surface area contributed by atoms with Crippen molar-refractivity contribution in [3.63, 3.8) is 0 Å². The molecule has 0 aromatic rings. The van der Waals surface area contributed by atoms with Gasteiger partial charge in [-0.25, -0.2) is 0 Å². The van der Waals surface area contributed by atoms with Gasteiger partial charge in [0, 0.05) is 10.5 Å². The minimum absolute atomic E-state index is 0.837. The molecule has 0 aromatic carbocycles. The number of thioether (sulfide) groups is 2. The number of fused-ring (bicyclic) bond motifs is 4. The second-order valence-corrected chi connectivity index (χ2v) is 11.3. The van der Waals surface area contributed by atoms with E-state index in [2.05, 4.69) is 0 Å². The first-order valence-corrected chi connectivity index (χ1v) is 10.8. The summed E-state index contributed by atoms with van der Waals surface area (Å²) in [5, 5.41) is 1.67. The fourth-order valence-corrected chi connectivity index (χ4v) is 8.86. The molecule has 0 saturated heterocycles. The number of hydrogen-bond donors (Lipinski definition) is 2. The summed E-state index contributed by atoms with van der Waals surface area (Å²) >= 11 is 13.6. The summed E-state index contributed by atoms with van der Waals surface area (Å²) < 4.78 is 2.41. The molecule has 4 heteroatoms. The zero-order valence-corrected chi connectivity index (χ0v) is 15.3. The molecular formula is C16H24S4. The van der Waals surface area contributed by atoms with Crippen LogP contribution in [0.15, 0.2) is 8.47 Å². The predicted molar refractivity (Wildman–Crippen MR) is 98.7 cm³/mol. The Kier molecular flexibility index (Phi) is 4.40. The molecule has 6 unspecified atom stereocenters. The molecule has 0 radical (unpaired) electrons. The van der Waals surface area contributed by atoms with Crippen LogP contribution in [0.4, 0.5) is 0 Å². The third kappa shape index (κ3) is 2.83. The quantitative estimate of drug-likeness (QED) is 0.617. The Balaban J connectivity index is 1.35. The third-order valence-electron chi connectivity index (χ3n) is 6.06. The van der Waals surface area contributed by atoms with E-state index in [1.807, 2.05) is 23.5 Å². The molecule has 0 heterocycles. The average molecular weight is 345 g/mol. The Morgan fingerprint density at radius 2 is 1.10 bits per heavy atom. The summed E-state index contributed by atoms with van der Waals surface area (Å²) in [4.78, 5) is 0. The molecule has 0 amide bonds. The van der Waals surface area contributed by atoms with Gasteiger partial charge in [0.2, 0.25) is 0 Å². The molecule has 4 aliphatic carbocycles. The summed E-state index contributed by atoms with van der Waals surface area (Å²) in [6.07, 6.45) is 11.7. The topological polar surface area (TPSA) is 0 Å². The lowest BCUT2D eigenvalue weighted by Gasteiger charge is -2.24. The van der Waals surface area contributed by atoms with Crippen molar-refractivity contribution in [3.8, 4) is 0 Å². The summed E-state index contributed by atoms with van der Waals surface area (Å²) in [6, 6.07) is 0. The van der Waals surface area contributed by atoms with E-state index < -0.39 is 0 Å². The van der Waals surface area contributed by atoms with Gasteiger partial charge in [-0.1, -0.05) is 12.8 Å². The van der Waals surface area contributed by atoms with E-state index >= 15 is 0 Å². The molecule has 0 aromatic heterocycles. The lowest BCUT2D eigenvalue weighted by Crippen LogP contribution is -2.13. The molecule has 6 atom stereocenters. The molecule has 0 spiro atoms. The van der Waals surface area contributed by atoms with Gasteiger partial charge in [0.25, 0.3) is 0 Å². The Labute approximate surface area is 142 Å². The molecule has 0 nitrogen and oxygen atoms in total. The van der Waals surface area contributed by atoms with E-state index in [0.717, 1.165) is 34.2 Å². The smallest absolute Gasteiger partial charge is 0.0572 e. The zero-order chi connectivity index (χ0) is 13.7. The van der Waals surface area contributed by atoms with E-state index in [1.165, 1.54) is 59.8 Å². The maximum absolute atomic E-state index is 4.78. The van der Waals surface area contributed by atoms with Gasteiger partial charge < -0.3 is 0 Å². The highest BCUT2D eigenvalue weighted by Crippen LogP contribution is 2.55. The highest BCUT2D eigenvalue weighted by molar-refractivity contribution is 8.21. The van der Waals surface area contributed by atoms with Crippen LogP contribution in [0.1, 0.15) is 51.4 Å². The van der Waals surface area contributed by atoms with Crippen LogP contribution in [0.3, 0.4) is 0 Å². The van der Waals surface area contributed by atoms with Gasteiger partial charge in [-0.3, -0.25) is 0 Å². The Hall–Kier alpha value is 1.14. The maximum Gasteiger partial charge on any atom is 0.0572 e. The molecular weight excluding hydrogens is 320 g/mol. The zero-order valence-electron chi connectivity index (χ0n) is 11.8. The summed E-state index contributed by atoms with van der Waals surface area (Å²) in [6.45, 7) is 0. The lowest BCUT2D eigenvalue weighted by atomic mass is 10.0. The van der Waals surface area contributed by atoms with Crippen LogP contribution < -0.4 is 0 Å². The standard InChI is InChI=1S/C16H24S4/c17-15(19-13-7-9-1-3-11(13)5-9)16(18)20-14-8-10-2-4-12(14)6-10/h9-14,17-18H,1-8H2/b16-15-. The molecule has 4 rings (SSSR count). The Bertz CT molecular complexity index is 381. The molecule has 4 fully saturated rings. The molecule has 4 aliphatic rings. The summed E-state index contributed by atoms with van der Waals surface area (Å²) in [5.41, 5.74) is 0. The normalized spacial score (nSPS) is 47.1. The summed E-state index contributed by atoms with van der Waals surface area (Å²) in [5.74, 6) is 4.00. The van der Waals surface area contributed by atoms with Crippen LogP contribution in [-0.4, -0.2) is 10.5 Å². The summed E-state index contributed by atoms with van der Waals surface area (Å²) in [7, 11) is 0. The van der Waals surface area contributed by atoms with Gasteiger partial charge in [0.1, 0.15) is 0 Å². The van der Waals surface area contributed by atoms with E-state index in [4.69, 9.17) is 25.3 Å². The van der Waals surface area contributed by atoms with Crippen LogP contribution in [-0.2, 0) is 0 Å². The first-order chi connectivity index (χ1) is 9.69. The van der Waals surface area contributed by atoms with Crippen molar-refractivity contribution < 1.29 is 0 Å². The van der Waals surface area contributed by atoms with Crippen molar-refractivity contribution in [2.45, 2.75) is 61.9 Å². The van der Waals surface area contributed by atoms with Crippen LogP contribution in [0.2, 0.25) is 0 Å². The van der Waals surface area contributed by atoms with Crippen molar-refractivity contribution >= 4 is 48.8 Å².